The first kappa shape index (κ1) is 8.52. The van der Waals surface area contributed by atoms with Crippen molar-refractivity contribution in [1.29, 1.82) is 0 Å². The van der Waals surface area contributed by atoms with Gasteiger partial charge in [-0.1, -0.05) is 12.8 Å². The third kappa shape index (κ3) is 1.99. The quantitative estimate of drug-likeness (QED) is 0.687. The van der Waals surface area contributed by atoms with Gasteiger partial charge in [-0.3, -0.25) is 0 Å². The number of nitrogens with one attached hydrogen (secondary N) is 1. The van der Waals surface area contributed by atoms with E-state index in [-0.39, 0.29) is 0 Å². The van der Waals surface area contributed by atoms with Gasteiger partial charge in [-0.25, -0.2) is 0 Å². The Hall–Kier alpha value is -0.0800. The van der Waals surface area contributed by atoms with Gasteiger partial charge in [0.1, 0.15) is 0 Å². The van der Waals surface area contributed by atoms with Gasteiger partial charge in [-0.2, -0.15) is 0 Å². The normalized spacial score (nSPS) is 32.2. The molecule has 0 spiro atoms. The van der Waals surface area contributed by atoms with E-state index in [4.69, 9.17) is 4.74 Å². The van der Waals surface area contributed by atoms with Crippen molar-refractivity contribution in [2.24, 2.45) is 11.8 Å². The summed E-state index contributed by atoms with van der Waals surface area (Å²) in [5.41, 5.74) is 0. The number of hydrogen-bond donors (Lipinski definition) is 1. The lowest BCUT2D eigenvalue weighted by atomic mass is 9.94. The molecule has 0 aromatic rings. The predicted octanol–water partition coefficient (Wildman–Crippen LogP) is 1.41. The molecule has 2 rings (SSSR count). The maximum atomic E-state index is 5.40. The van der Waals surface area contributed by atoms with Gasteiger partial charge in [0.25, 0.3) is 0 Å². The highest BCUT2D eigenvalue weighted by Gasteiger charge is 2.30. The van der Waals surface area contributed by atoms with E-state index in [0.29, 0.717) is 0 Å². The molecule has 2 unspecified atom stereocenters. The Labute approximate surface area is 74.7 Å². The topological polar surface area (TPSA) is 21.3 Å². The van der Waals surface area contributed by atoms with Crippen LogP contribution < -0.4 is 5.32 Å². The van der Waals surface area contributed by atoms with Gasteiger partial charge in [0.15, 0.2) is 0 Å². The molecule has 2 atom stereocenters. The number of ether oxygens (including phenoxy) is 1. The van der Waals surface area contributed by atoms with Crippen molar-refractivity contribution in [3.05, 3.63) is 0 Å². The lowest BCUT2D eigenvalue weighted by Crippen LogP contribution is -2.34. The van der Waals surface area contributed by atoms with Gasteiger partial charge in [0.05, 0.1) is 6.61 Å². The molecule has 1 heterocycles. The summed E-state index contributed by atoms with van der Waals surface area (Å²) in [6, 6.07) is 0.722. The number of hydrogen-bond acceptors (Lipinski definition) is 2. The zero-order chi connectivity index (χ0) is 8.39. The fourth-order valence-corrected chi connectivity index (χ4v) is 2.13. The molecule has 1 saturated carbocycles. The van der Waals surface area contributed by atoms with Crippen molar-refractivity contribution in [3.63, 3.8) is 0 Å². The van der Waals surface area contributed by atoms with Crippen LogP contribution in [0.1, 0.15) is 25.7 Å². The van der Waals surface area contributed by atoms with Crippen LogP contribution in [0, 0.1) is 11.8 Å². The van der Waals surface area contributed by atoms with Crippen molar-refractivity contribution in [2.45, 2.75) is 31.7 Å². The molecule has 1 aliphatic heterocycles. The molecule has 2 heteroatoms. The predicted molar refractivity (Wildman–Crippen MR) is 49.1 cm³/mol. The summed E-state index contributed by atoms with van der Waals surface area (Å²) in [7, 11) is 2.09. The second-order valence-electron chi connectivity index (χ2n) is 4.20. The smallest absolute Gasteiger partial charge is 0.0510 e. The fraction of sp³-hybridized carbons (Fsp3) is 1.00. The van der Waals surface area contributed by atoms with Crippen molar-refractivity contribution in [1.82, 2.24) is 5.32 Å². The van der Waals surface area contributed by atoms with Crippen LogP contribution in [0.4, 0.5) is 0 Å². The van der Waals surface area contributed by atoms with E-state index < -0.39 is 0 Å². The first-order valence-corrected chi connectivity index (χ1v) is 5.15. The first-order valence-electron chi connectivity index (χ1n) is 5.15. The van der Waals surface area contributed by atoms with E-state index in [2.05, 4.69) is 12.4 Å². The van der Waals surface area contributed by atoms with Crippen molar-refractivity contribution < 1.29 is 4.74 Å². The Balaban J connectivity index is 1.78. The van der Waals surface area contributed by atoms with Crippen LogP contribution in [0.25, 0.3) is 0 Å². The van der Waals surface area contributed by atoms with Crippen LogP contribution in [-0.4, -0.2) is 26.3 Å². The molecule has 0 aromatic carbocycles. The lowest BCUT2D eigenvalue weighted by Gasteiger charge is -2.21. The van der Waals surface area contributed by atoms with E-state index >= 15 is 0 Å². The molecule has 70 valence electrons. The molecule has 0 amide bonds. The summed E-state index contributed by atoms with van der Waals surface area (Å²) in [5.74, 6) is 1.82. The van der Waals surface area contributed by atoms with E-state index in [1.54, 1.807) is 0 Å². The molecular weight excluding hydrogens is 150 g/mol. The van der Waals surface area contributed by atoms with Crippen LogP contribution in [-0.2, 0) is 4.74 Å². The molecule has 1 saturated heterocycles. The maximum Gasteiger partial charge on any atom is 0.0510 e. The Bertz CT molecular complexity index is 139. The average molecular weight is 169 g/mol. The van der Waals surface area contributed by atoms with Crippen molar-refractivity contribution in [3.8, 4) is 0 Å². The second kappa shape index (κ2) is 3.75. The Morgan fingerprint density at radius 3 is 2.75 bits per heavy atom. The van der Waals surface area contributed by atoms with E-state index in [9.17, 15) is 0 Å². The summed E-state index contributed by atoms with van der Waals surface area (Å²) in [6.07, 6.45) is 5.57. The monoisotopic (exact) mass is 169 g/mol. The van der Waals surface area contributed by atoms with E-state index in [1.165, 1.54) is 25.7 Å². The molecule has 2 nitrogen and oxygen atoms in total. The van der Waals surface area contributed by atoms with E-state index in [1.807, 2.05) is 0 Å². The minimum absolute atomic E-state index is 0.722. The molecule has 1 aliphatic carbocycles. The SMILES string of the molecule is CNC(CC1CC1)C1CCOC1. The minimum atomic E-state index is 0.722. The highest BCUT2D eigenvalue weighted by Crippen LogP contribution is 2.35. The highest BCUT2D eigenvalue weighted by molar-refractivity contribution is 4.85. The van der Waals surface area contributed by atoms with Crippen LogP contribution in [0.15, 0.2) is 0 Å². The molecule has 0 radical (unpaired) electrons. The molecule has 2 fully saturated rings. The minimum Gasteiger partial charge on any atom is -0.381 e. The van der Waals surface area contributed by atoms with Gasteiger partial charge >= 0.3 is 0 Å². The first-order chi connectivity index (χ1) is 5.90. The van der Waals surface area contributed by atoms with Crippen LogP contribution in [0.5, 0.6) is 0 Å². The lowest BCUT2D eigenvalue weighted by molar-refractivity contribution is 0.175. The highest BCUT2D eigenvalue weighted by atomic mass is 16.5. The standard InChI is InChI=1S/C10H19NO/c1-11-10(6-8-2-3-8)9-4-5-12-7-9/h8-11H,2-7H2,1H3. The molecule has 0 bridgehead atoms. The molecule has 0 aromatic heterocycles. The Morgan fingerprint density at radius 1 is 1.42 bits per heavy atom. The van der Waals surface area contributed by atoms with Crippen molar-refractivity contribution >= 4 is 0 Å². The second-order valence-corrected chi connectivity index (χ2v) is 4.20. The summed E-state index contributed by atoms with van der Waals surface area (Å²) >= 11 is 0. The molecule has 12 heavy (non-hydrogen) atoms. The zero-order valence-electron chi connectivity index (χ0n) is 7.88. The van der Waals surface area contributed by atoms with Crippen LogP contribution >= 0.6 is 0 Å². The van der Waals surface area contributed by atoms with Gasteiger partial charge < -0.3 is 10.1 Å². The van der Waals surface area contributed by atoms with Crippen LogP contribution in [0.3, 0.4) is 0 Å². The van der Waals surface area contributed by atoms with E-state index in [0.717, 1.165) is 31.1 Å². The van der Waals surface area contributed by atoms with Gasteiger partial charge in [-0.15, -0.1) is 0 Å². The summed E-state index contributed by atoms with van der Waals surface area (Å²) < 4.78 is 5.40. The molecule has 1 N–H and O–H groups in total. The van der Waals surface area contributed by atoms with Gasteiger partial charge in [-0.05, 0) is 31.7 Å². The Morgan fingerprint density at radius 2 is 2.25 bits per heavy atom. The average Bonchev–Trinajstić information content (AvgIpc) is 2.74. The van der Waals surface area contributed by atoms with Crippen LogP contribution in [0.2, 0.25) is 0 Å². The zero-order valence-corrected chi connectivity index (χ0v) is 7.88. The van der Waals surface area contributed by atoms with Gasteiger partial charge in [0.2, 0.25) is 0 Å². The maximum absolute atomic E-state index is 5.40. The largest absolute Gasteiger partial charge is 0.381 e. The molecular formula is C10H19NO. The Kier molecular flexibility index (Phi) is 2.66. The summed E-state index contributed by atoms with van der Waals surface area (Å²) in [4.78, 5) is 0. The van der Waals surface area contributed by atoms with Gasteiger partial charge in [0, 0.05) is 12.6 Å². The summed E-state index contributed by atoms with van der Waals surface area (Å²) in [6.45, 7) is 1.96. The third-order valence-electron chi connectivity index (χ3n) is 3.19. The summed E-state index contributed by atoms with van der Waals surface area (Å²) in [5, 5.41) is 3.44. The fourth-order valence-electron chi connectivity index (χ4n) is 2.13. The third-order valence-corrected chi connectivity index (χ3v) is 3.19. The van der Waals surface area contributed by atoms with Crippen molar-refractivity contribution in [2.75, 3.05) is 20.3 Å². The molecule has 2 aliphatic rings. The number of rotatable bonds is 4.